The van der Waals surface area contributed by atoms with Crippen LogP contribution < -0.4 is 11.3 Å². The van der Waals surface area contributed by atoms with Crippen LogP contribution in [0, 0.1) is 0 Å². The maximum Gasteiger partial charge on any atom is 0.143 e. The summed E-state index contributed by atoms with van der Waals surface area (Å²) in [6, 6.07) is 1.94. The Hall–Kier alpha value is -1.16. The molecule has 1 saturated carbocycles. The highest BCUT2D eigenvalue weighted by atomic mass is 15.3. The molecule has 0 aliphatic heterocycles. The fourth-order valence-electron chi connectivity index (χ4n) is 2.29. The second-order valence-electron chi connectivity index (χ2n) is 5.87. The number of rotatable bonds is 2. The SMILES string of the molecule is CC(C)(C)c1cc(NN)nc(C2CCCC2)n1. The molecule has 0 saturated heterocycles. The van der Waals surface area contributed by atoms with Crippen molar-refractivity contribution in [3.05, 3.63) is 17.6 Å². The third-order valence-electron chi connectivity index (χ3n) is 3.38. The van der Waals surface area contributed by atoms with E-state index in [2.05, 4.69) is 31.2 Å². The van der Waals surface area contributed by atoms with Gasteiger partial charge in [-0.2, -0.15) is 0 Å². The quantitative estimate of drug-likeness (QED) is 0.610. The molecule has 1 aromatic heterocycles. The topological polar surface area (TPSA) is 63.8 Å². The fourth-order valence-corrected chi connectivity index (χ4v) is 2.29. The molecule has 0 radical (unpaired) electrons. The maximum atomic E-state index is 5.49. The Morgan fingerprint density at radius 3 is 2.41 bits per heavy atom. The third-order valence-corrected chi connectivity index (χ3v) is 3.38. The van der Waals surface area contributed by atoms with Gasteiger partial charge in [0.15, 0.2) is 0 Å². The van der Waals surface area contributed by atoms with E-state index in [4.69, 9.17) is 10.8 Å². The summed E-state index contributed by atoms with van der Waals surface area (Å²) in [5.41, 5.74) is 3.74. The molecule has 17 heavy (non-hydrogen) atoms. The molecule has 1 fully saturated rings. The number of nitrogens with zero attached hydrogens (tertiary/aromatic N) is 2. The van der Waals surface area contributed by atoms with Crippen molar-refractivity contribution >= 4 is 5.82 Å². The Morgan fingerprint density at radius 1 is 1.24 bits per heavy atom. The molecule has 1 aliphatic carbocycles. The Labute approximate surface area is 103 Å². The lowest BCUT2D eigenvalue weighted by Crippen LogP contribution is -2.19. The first-order valence-corrected chi connectivity index (χ1v) is 6.37. The summed E-state index contributed by atoms with van der Waals surface area (Å²) in [6.45, 7) is 6.48. The van der Waals surface area contributed by atoms with Gasteiger partial charge < -0.3 is 5.43 Å². The average Bonchev–Trinajstić information content (AvgIpc) is 2.80. The van der Waals surface area contributed by atoms with Crippen LogP contribution in [0.1, 0.15) is 63.9 Å². The smallest absolute Gasteiger partial charge is 0.143 e. The van der Waals surface area contributed by atoms with Crippen LogP contribution >= 0.6 is 0 Å². The van der Waals surface area contributed by atoms with Crippen molar-refractivity contribution in [3.8, 4) is 0 Å². The van der Waals surface area contributed by atoms with Gasteiger partial charge in [-0.3, -0.25) is 0 Å². The van der Waals surface area contributed by atoms with E-state index in [1.54, 1.807) is 0 Å². The van der Waals surface area contributed by atoms with Crippen molar-refractivity contribution in [1.82, 2.24) is 9.97 Å². The summed E-state index contributed by atoms with van der Waals surface area (Å²) < 4.78 is 0. The zero-order valence-corrected chi connectivity index (χ0v) is 11.0. The average molecular weight is 234 g/mol. The minimum absolute atomic E-state index is 0.0297. The van der Waals surface area contributed by atoms with Gasteiger partial charge in [0.2, 0.25) is 0 Å². The molecule has 4 heteroatoms. The molecule has 0 unspecified atom stereocenters. The van der Waals surface area contributed by atoms with Crippen LogP contribution in [0.3, 0.4) is 0 Å². The van der Waals surface area contributed by atoms with Crippen LogP contribution in [0.4, 0.5) is 5.82 Å². The summed E-state index contributed by atoms with van der Waals surface area (Å²) >= 11 is 0. The van der Waals surface area contributed by atoms with Gasteiger partial charge in [-0.05, 0) is 12.8 Å². The lowest BCUT2D eigenvalue weighted by molar-refractivity contribution is 0.552. The lowest BCUT2D eigenvalue weighted by Gasteiger charge is -2.20. The zero-order chi connectivity index (χ0) is 12.5. The number of hydrazine groups is 1. The van der Waals surface area contributed by atoms with Gasteiger partial charge in [0.25, 0.3) is 0 Å². The first kappa shape index (κ1) is 12.3. The Balaban J connectivity index is 2.38. The maximum absolute atomic E-state index is 5.49. The predicted octanol–water partition coefficient (Wildman–Crippen LogP) is 2.72. The largest absolute Gasteiger partial charge is 0.308 e. The molecule has 4 nitrogen and oxygen atoms in total. The first-order valence-electron chi connectivity index (χ1n) is 6.37. The van der Waals surface area contributed by atoms with Crippen molar-refractivity contribution < 1.29 is 0 Å². The molecule has 94 valence electrons. The van der Waals surface area contributed by atoms with Gasteiger partial charge in [-0.15, -0.1) is 0 Å². The van der Waals surface area contributed by atoms with Crippen LogP contribution in [0.5, 0.6) is 0 Å². The highest BCUT2D eigenvalue weighted by molar-refractivity contribution is 5.37. The molecular weight excluding hydrogens is 212 g/mol. The summed E-state index contributed by atoms with van der Waals surface area (Å²) in [4.78, 5) is 9.23. The standard InChI is InChI=1S/C13H22N4/c1-13(2,3)10-8-11(17-14)16-12(15-10)9-6-4-5-7-9/h8-9H,4-7,14H2,1-3H3,(H,15,16,17). The zero-order valence-electron chi connectivity index (χ0n) is 11.0. The molecule has 1 aromatic rings. The Morgan fingerprint density at radius 2 is 1.88 bits per heavy atom. The van der Waals surface area contributed by atoms with E-state index in [0.29, 0.717) is 5.92 Å². The Bertz CT molecular complexity index is 389. The highest BCUT2D eigenvalue weighted by Gasteiger charge is 2.23. The van der Waals surface area contributed by atoms with Crippen LogP contribution in [0.25, 0.3) is 0 Å². The molecule has 0 bridgehead atoms. The number of hydrogen-bond donors (Lipinski definition) is 2. The van der Waals surface area contributed by atoms with Crippen molar-refractivity contribution in [1.29, 1.82) is 0 Å². The minimum atomic E-state index is 0.0297. The molecule has 3 N–H and O–H groups in total. The van der Waals surface area contributed by atoms with E-state index < -0.39 is 0 Å². The van der Waals surface area contributed by atoms with Crippen molar-refractivity contribution in [2.75, 3.05) is 5.43 Å². The predicted molar refractivity (Wildman–Crippen MR) is 69.8 cm³/mol. The van der Waals surface area contributed by atoms with Gasteiger partial charge in [0, 0.05) is 17.4 Å². The highest BCUT2D eigenvalue weighted by Crippen LogP contribution is 2.33. The van der Waals surface area contributed by atoms with E-state index in [9.17, 15) is 0 Å². The van der Waals surface area contributed by atoms with E-state index in [0.717, 1.165) is 17.3 Å². The lowest BCUT2D eigenvalue weighted by atomic mass is 9.91. The fraction of sp³-hybridized carbons (Fsp3) is 0.692. The number of nitrogen functional groups attached to an aromatic ring is 1. The second-order valence-corrected chi connectivity index (χ2v) is 5.87. The summed E-state index contributed by atoms with van der Waals surface area (Å²) in [7, 11) is 0. The van der Waals surface area contributed by atoms with E-state index in [1.165, 1.54) is 25.7 Å². The molecular formula is C13H22N4. The molecule has 1 aliphatic rings. The summed E-state index contributed by atoms with van der Waals surface area (Å²) in [5, 5.41) is 0. The number of nitrogens with one attached hydrogen (secondary N) is 1. The van der Waals surface area contributed by atoms with E-state index >= 15 is 0 Å². The van der Waals surface area contributed by atoms with Crippen LogP contribution in [-0.2, 0) is 5.41 Å². The van der Waals surface area contributed by atoms with Crippen molar-refractivity contribution in [2.45, 2.75) is 57.8 Å². The van der Waals surface area contributed by atoms with Gasteiger partial charge in [-0.25, -0.2) is 15.8 Å². The van der Waals surface area contributed by atoms with Gasteiger partial charge in [-0.1, -0.05) is 33.6 Å². The molecule has 1 heterocycles. The molecule has 0 aromatic carbocycles. The van der Waals surface area contributed by atoms with Crippen LogP contribution in [0.2, 0.25) is 0 Å². The minimum Gasteiger partial charge on any atom is -0.308 e. The summed E-state index contributed by atoms with van der Waals surface area (Å²) in [5.74, 6) is 7.70. The number of aromatic nitrogens is 2. The van der Waals surface area contributed by atoms with Crippen LogP contribution in [-0.4, -0.2) is 9.97 Å². The number of anilines is 1. The van der Waals surface area contributed by atoms with Crippen molar-refractivity contribution in [3.63, 3.8) is 0 Å². The van der Waals surface area contributed by atoms with Crippen molar-refractivity contribution in [2.24, 2.45) is 5.84 Å². The van der Waals surface area contributed by atoms with Gasteiger partial charge in [0.1, 0.15) is 11.6 Å². The summed E-state index contributed by atoms with van der Waals surface area (Å²) in [6.07, 6.45) is 4.99. The van der Waals surface area contributed by atoms with Gasteiger partial charge in [0.05, 0.1) is 5.69 Å². The second kappa shape index (κ2) is 4.61. The third kappa shape index (κ3) is 2.75. The van der Waals surface area contributed by atoms with Crippen LogP contribution in [0.15, 0.2) is 6.07 Å². The molecule has 2 rings (SSSR count). The Kier molecular flexibility index (Phi) is 3.33. The first-order chi connectivity index (χ1) is 8.00. The number of nitrogens with two attached hydrogens (primary N) is 1. The normalized spacial score (nSPS) is 17.4. The monoisotopic (exact) mass is 234 g/mol. The number of hydrogen-bond acceptors (Lipinski definition) is 4. The van der Waals surface area contributed by atoms with E-state index in [1.807, 2.05) is 6.07 Å². The molecule has 0 amide bonds. The van der Waals surface area contributed by atoms with E-state index in [-0.39, 0.29) is 5.41 Å². The van der Waals surface area contributed by atoms with Gasteiger partial charge >= 0.3 is 0 Å². The molecule has 0 spiro atoms. The molecule has 0 atom stereocenters.